The van der Waals surface area contributed by atoms with Crippen LogP contribution in [0.1, 0.15) is 5.56 Å². The van der Waals surface area contributed by atoms with Gasteiger partial charge in [-0.15, -0.1) is 11.3 Å². The van der Waals surface area contributed by atoms with Gasteiger partial charge in [0.15, 0.2) is 9.84 Å². The summed E-state index contributed by atoms with van der Waals surface area (Å²) in [5.41, 5.74) is 1.08. The van der Waals surface area contributed by atoms with Crippen molar-refractivity contribution < 1.29 is 8.42 Å². The highest BCUT2D eigenvalue weighted by Gasteiger charge is 2.13. The molecule has 0 bridgehead atoms. The van der Waals surface area contributed by atoms with Crippen LogP contribution in [-0.4, -0.2) is 14.7 Å². The Labute approximate surface area is 87.1 Å². The zero-order chi connectivity index (χ0) is 10.3. The maximum Gasteiger partial charge on any atom is 0.176 e. The van der Waals surface area contributed by atoms with Crippen LogP contribution in [0.4, 0.5) is 0 Å². The molecule has 0 amide bonds. The first kappa shape index (κ1) is 9.68. The summed E-state index contributed by atoms with van der Waals surface area (Å²) >= 11 is 1.47. The zero-order valence-electron chi connectivity index (χ0n) is 7.94. The van der Waals surface area contributed by atoms with Gasteiger partial charge < -0.3 is 0 Å². The summed E-state index contributed by atoms with van der Waals surface area (Å²) < 4.78 is 23.9. The predicted molar refractivity (Wildman–Crippen MR) is 59.7 cm³/mol. The largest absolute Gasteiger partial charge is 0.224 e. The number of hydrogen-bond donors (Lipinski definition) is 0. The van der Waals surface area contributed by atoms with Gasteiger partial charge in [0.1, 0.15) is 0 Å². The number of sulfone groups is 1. The van der Waals surface area contributed by atoms with Crippen LogP contribution in [0, 0.1) is 6.92 Å². The lowest BCUT2D eigenvalue weighted by atomic mass is 10.2. The van der Waals surface area contributed by atoms with Crippen LogP contribution >= 0.6 is 11.3 Å². The fourth-order valence-corrected chi connectivity index (χ4v) is 3.69. The highest BCUT2D eigenvalue weighted by atomic mass is 32.2. The second-order valence-corrected chi connectivity index (χ2v) is 6.27. The summed E-state index contributed by atoms with van der Waals surface area (Å²) in [6, 6.07) is 5.87. The second kappa shape index (κ2) is 3.07. The Morgan fingerprint density at radius 1 is 1.29 bits per heavy atom. The molecule has 0 saturated heterocycles. The Balaban J connectivity index is 2.87. The summed E-state index contributed by atoms with van der Waals surface area (Å²) in [7, 11) is -3.09. The Morgan fingerprint density at radius 2 is 2.00 bits per heavy atom. The van der Waals surface area contributed by atoms with Crippen LogP contribution in [0.2, 0.25) is 0 Å². The van der Waals surface area contributed by atoms with E-state index in [1.165, 1.54) is 17.6 Å². The Bertz CT molecular complexity index is 579. The van der Waals surface area contributed by atoms with Gasteiger partial charge in [-0.2, -0.15) is 0 Å². The molecule has 0 N–H and O–H groups in total. The molecule has 2 rings (SSSR count). The molecule has 0 aliphatic heterocycles. The van der Waals surface area contributed by atoms with Crippen LogP contribution in [0.3, 0.4) is 0 Å². The molecule has 1 heterocycles. The zero-order valence-corrected chi connectivity index (χ0v) is 9.58. The third-order valence-corrected chi connectivity index (χ3v) is 4.34. The van der Waals surface area contributed by atoms with E-state index in [4.69, 9.17) is 0 Å². The molecular formula is C10H10O2S2. The molecule has 14 heavy (non-hydrogen) atoms. The topological polar surface area (TPSA) is 34.1 Å². The standard InChI is InChI=1S/C10H10O2S2/c1-7-3-4-9-8(5-7)10(6-13-9)14(2,11)12/h3-6H,1-2H3. The molecule has 2 nitrogen and oxygen atoms in total. The lowest BCUT2D eigenvalue weighted by Gasteiger charge is -1.96. The van der Waals surface area contributed by atoms with E-state index in [1.54, 1.807) is 5.38 Å². The molecule has 0 radical (unpaired) electrons. The molecule has 0 saturated carbocycles. The molecule has 0 atom stereocenters. The molecule has 1 aromatic carbocycles. The minimum atomic E-state index is -3.09. The molecule has 0 fully saturated rings. The number of fused-ring (bicyclic) bond motifs is 1. The number of thiophene rings is 1. The van der Waals surface area contributed by atoms with Gasteiger partial charge in [0.05, 0.1) is 4.90 Å². The van der Waals surface area contributed by atoms with Crippen molar-refractivity contribution >= 4 is 31.3 Å². The van der Waals surface area contributed by atoms with Crippen molar-refractivity contribution in [2.45, 2.75) is 11.8 Å². The number of benzene rings is 1. The fraction of sp³-hybridized carbons (Fsp3) is 0.200. The Kier molecular flexibility index (Phi) is 2.12. The maximum atomic E-state index is 11.4. The lowest BCUT2D eigenvalue weighted by Crippen LogP contribution is -1.94. The van der Waals surface area contributed by atoms with Gasteiger partial charge >= 0.3 is 0 Å². The molecule has 0 unspecified atom stereocenters. The van der Waals surface area contributed by atoms with E-state index in [2.05, 4.69) is 0 Å². The first-order valence-corrected chi connectivity index (χ1v) is 6.93. The molecule has 4 heteroatoms. The molecule has 74 valence electrons. The normalized spacial score (nSPS) is 12.1. The molecule has 0 spiro atoms. The van der Waals surface area contributed by atoms with Crippen LogP contribution in [0.25, 0.3) is 10.1 Å². The second-order valence-electron chi connectivity index (χ2n) is 3.37. The van der Waals surface area contributed by atoms with Crippen molar-refractivity contribution in [1.82, 2.24) is 0 Å². The van der Waals surface area contributed by atoms with Crippen molar-refractivity contribution in [2.24, 2.45) is 0 Å². The first-order valence-electron chi connectivity index (χ1n) is 4.16. The van der Waals surface area contributed by atoms with E-state index in [9.17, 15) is 8.42 Å². The quantitative estimate of drug-likeness (QED) is 0.749. The van der Waals surface area contributed by atoms with Crippen molar-refractivity contribution in [1.29, 1.82) is 0 Å². The van der Waals surface area contributed by atoms with Crippen LogP contribution in [0.5, 0.6) is 0 Å². The van der Waals surface area contributed by atoms with Crippen molar-refractivity contribution in [2.75, 3.05) is 6.26 Å². The molecule has 0 aliphatic rings. The number of aryl methyl sites for hydroxylation is 1. The molecule has 0 aliphatic carbocycles. The van der Waals surface area contributed by atoms with Crippen LogP contribution in [0.15, 0.2) is 28.5 Å². The van der Waals surface area contributed by atoms with E-state index in [-0.39, 0.29) is 0 Å². The third kappa shape index (κ3) is 1.55. The highest BCUT2D eigenvalue weighted by molar-refractivity contribution is 7.91. The Morgan fingerprint density at radius 3 is 2.64 bits per heavy atom. The highest BCUT2D eigenvalue weighted by Crippen LogP contribution is 2.29. The van der Waals surface area contributed by atoms with E-state index in [1.807, 2.05) is 25.1 Å². The smallest absolute Gasteiger partial charge is 0.176 e. The minimum absolute atomic E-state index is 0.446. The summed E-state index contributed by atoms with van der Waals surface area (Å²) in [5.74, 6) is 0. The van der Waals surface area contributed by atoms with Crippen LogP contribution in [-0.2, 0) is 9.84 Å². The van der Waals surface area contributed by atoms with Crippen molar-refractivity contribution in [3.63, 3.8) is 0 Å². The minimum Gasteiger partial charge on any atom is -0.224 e. The summed E-state index contributed by atoms with van der Waals surface area (Å²) in [5, 5.41) is 2.55. The van der Waals surface area contributed by atoms with Gasteiger partial charge in [0, 0.05) is 21.7 Å². The van der Waals surface area contributed by atoms with Crippen molar-refractivity contribution in [3.05, 3.63) is 29.1 Å². The average Bonchev–Trinajstić information content (AvgIpc) is 2.45. The predicted octanol–water partition coefficient (Wildman–Crippen LogP) is 2.61. The van der Waals surface area contributed by atoms with Crippen molar-refractivity contribution in [3.8, 4) is 0 Å². The van der Waals surface area contributed by atoms with E-state index in [0.717, 1.165) is 15.6 Å². The van der Waals surface area contributed by atoms with Gasteiger partial charge in [-0.05, 0) is 19.1 Å². The molecular weight excluding hydrogens is 216 g/mol. The molecule has 2 aromatic rings. The third-order valence-electron chi connectivity index (χ3n) is 2.09. The first-order chi connectivity index (χ1) is 6.48. The SMILES string of the molecule is Cc1ccc2scc(S(C)(=O)=O)c2c1. The maximum absolute atomic E-state index is 11.4. The number of rotatable bonds is 1. The van der Waals surface area contributed by atoms with E-state index < -0.39 is 9.84 Å². The van der Waals surface area contributed by atoms with Gasteiger partial charge in [0.25, 0.3) is 0 Å². The van der Waals surface area contributed by atoms with Gasteiger partial charge in [0.2, 0.25) is 0 Å². The average molecular weight is 226 g/mol. The van der Waals surface area contributed by atoms with Crippen LogP contribution < -0.4 is 0 Å². The van der Waals surface area contributed by atoms with Gasteiger partial charge in [-0.1, -0.05) is 11.6 Å². The monoisotopic (exact) mass is 226 g/mol. The lowest BCUT2D eigenvalue weighted by molar-refractivity contribution is 0.603. The number of hydrogen-bond acceptors (Lipinski definition) is 3. The van der Waals surface area contributed by atoms with E-state index >= 15 is 0 Å². The Hall–Kier alpha value is -0.870. The molecule has 1 aromatic heterocycles. The fourth-order valence-electron chi connectivity index (χ4n) is 1.41. The summed E-state index contributed by atoms with van der Waals surface area (Å²) in [4.78, 5) is 0.446. The van der Waals surface area contributed by atoms with Gasteiger partial charge in [-0.3, -0.25) is 0 Å². The summed E-state index contributed by atoms with van der Waals surface area (Å²) in [6.45, 7) is 1.96. The van der Waals surface area contributed by atoms with Gasteiger partial charge in [-0.25, -0.2) is 8.42 Å². The summed E-state index contributed by atoms with van der Waals surface area (Å²) in [6.07, 6.45) is 1.25. The van der Waals surface area contributed by atoms with E-state index in [0.29, 0.717) is 4.90 Å².